The third-order valence-corrected chi connectivity index (χ3v) is 4.43. The maximum atomic E-state index is 12.6. The maximum absolute atomic E-state index is 12.6. The van der Waals surface area contributed by atoms with Gasteiger partial charge in [0.2, 0.25) is 0 Å². The molecule has 21 heavy (non-hydrogen) atoms. The van der Waals surface area contributed by atoms with E-state index in [0.717, 1.165) is 25.8 Å². The molecule has 1 aliphatic heterocycles. The van der Waals surface area contributed by atoms with Crippen LogP contribution in [0.3, 0.4) is 0 Å². The number of ketones is 1. The van der Waals surface area contributed by atoms with Crippen molar-refractivity contribution in [1.29, 1.82) is 0 Å². The summed E-state index contributed by atoms with van der Waals surface area (Å²) in [5.41, 5.74) is 0.125. The smallest absolute Gasteiger partial charge is 0.292 e. The van der Waals surface area contributed by atoms with E-state index in [0.29, 0.717) is 24.6 Å². The van der Waals surface area contributed by atoms with Crippen molar-refractivity contribution in [3.63, 3.8) is 0 Å². The summed E-state index contributed by atoms with van der Waals surface area (Å²) in [6.45, 7) is 1.95. The summed E-state index contributed by atoms with van der Waals surface area (Å²) in [4.78, 5) is 23.2. The van der Waals surface area contributed by atoms with Crippen molar-refractivity contribution in [2.45, 2.75) is 19.3 Å². The molecule has 112 valence electrons. The van der Waals surface area contributed by atoms with Crippen molar-refractivity contribution < 1.29 is 9.72 Å². The number of nitrogens with one attached hydrogen (secondary N) is 2. The number of rotatable bonds is 6. The lowest BCUT2D eigenvalue weighted by molar-refractivity contribution is -0.384. The highest BCUT2D eigenvalue weighted by Crippen LogP contribution is 2.40. The minimum atomic E-state index is -0.412. The van der Waals surface area contributed by atoms with Gasteiger partial charge >= 0.3 is 0 Å². The van der Waals surface area contributed by atoms with Crippen molar-refractivity contribution >= 4 is 17.2 Å². The number of nitrogens with zero attached hydrogens (tertiary/aromatic N) is 1. The summed E-state index contributed by atoms with van der Waals surface area (Å²) in [7, 11) is 0. The Labute approximate surface area is 123 Å². The third kappa shape index (κ3) is 2.76. The van der Waals surface area contributed by atoms with E-state index in [9.17, 15) is 14.9 Å². The molecule has 6 heteroatoms. The number of nitro groups is 1. The summed E-state index contributed by atoms with van der Waals surface area (Å²) < 4.78 is 0. The minimum absolute atomic E-state index is 0.0532. The first-order valence-corrected chi connectivity index (χ1v) is 7.35. The molecule has 1 saturated carbocycles. The number of benzene rings is 1. The van der Waals surface area contributed by atoms with Crippen LogP contribution in [0.4, 0.5) is 11.4 Å². The first kappa shape index (κ1) is 14.0. The Morgan fingerprint density at radius 1 is 1.43 bits per heavy atom. The largest absolute Gasteiger partial charge is 0.378 e. The topological polar surface area (TPSA) is 84.3 Å². The van der Waals surface area contributed by atoms with Crippen LogP contribution in [0, 0.1) is 21.4 Å². The highest BCUT2D eigenvalue weighted by Gasteiger charge is 2.47. The standard InChI is InChI=1S/C15H19N3O3/c19-14(11-5-6-11)15(7-8-16-9-15)10-17-12-3-1-2-4-13(12)18(20)21/h1-4,11,16-17H,5-10H2/t15-/m0/s1. The van der Waals surface area contributed by atoms with Crippen LogP contribution < -0.4 is 10.6 Å². The van der Waals surface area contributed by atoms with Gasteiger partial charge in [0.15, 0.2) is 0 Å². The zero-order valence-electron chi connectivity index (χ0n) is 11.8. The van der Waals surface area contributed by atoms with Crippen LogP contribution in [0.2, 0.25) is 0 Å². The minimum Gasteiger partial charge on any atom is -0.378 e. The van der Waals surface area contributed by atoms with Crippen molar-refractivity contribution in [3.8, 4) is 0 Å². The summed E-state index contributed by atoms with van der Waals surface area (Å²) in [6.07, 6.45) is 2.79. The zero-order valence-corrected chi connectivity index (χ0v) is 11.8. The Kier molecular flexibility index (Phi) is 3.63. The normalized spacial score (nSPS) is 24.8. The number of anilines is 1. The van der Waals surface area contributed by atoms with Crippen LogP contribution >= 0.6 is 0 Å². The van der Waals surface area contributed by atoms with Crippen LogP contribution in [0.5, 0.6) is 0 Å². The molecule has 3 rings (SSSR count). The van der Waals surface area contributed by atoms with E-state index in [-0.39, 0.29) is 11.6 Å². The number of nitro benzene ring substituents is 1. The predicted octanol–water partition coefficient (Wildman–Crippen LogP) is 1.97. The first-order chi connectivity index (χ1) is 10.1. The number of carbonyl (C=O) groups excluding carboxylic acids is 1. The van der Waals surface area contributed by atoms with E-state index in [2.05, 4.69) is 10.6 Å². The molecule has 0 aromatic heterocycles. The fraction of sp³-hybridized carbons (Fsp3) is 0.533. The van der Waals surface area contributed by atoms with Gasteiger partial charge in [0.1, 0.15) is 11.5 Å². The van der Waals surface area contributed by atoms with E-state index < -0.39 is 10.3 Å². The van der Waals surface area contributed by atoms with Crippen molar-refractivity contribution in [2.75, 3.05) is 25.0 Å². The Bertz CT molecular complexity index is 563. The van der Waals surface area contributed by atoms with Gasteiger partial charge in [-0.1, -0.05) is 12.1 Å². The molecule has 1 heterocycles. The van der Waals surface area contributed by atoms with Crippen LogP contribution in [0.25, 0.3) is 0 Å². The molecule has 1 aromatic rings. The summed E-state index contributed by atoms with van der Waals surface area (Å²) in [5.74, 6) is 0.524. The van der Waals surface area contributed by atoms with Gasteiger partial charge in [-0.25, -0.2) is 0 Å². The summed E-state index contributed by atoms with van der Waals surface area (Å²) in [5, 5.41) is 17.4. The number of para-hydroxylation sites is 2. The SMILES string of the molecule is O=C(C1CC1)[C@@]1(CNc2ccccc2[N+](=O)[O-])CCNC1. The van der Waals surface area contributed by atoms with Gasteiger partial charge < -0.3 is 10.6 Å². The van der Waals surface area contributed by atoms with Gasteiger partial charge in [0.05, 0.1) is 10.3 Å². The molecule has 1 atom stereocenters. The van der Waals surface area contributed by atoms with Gasteiger partial charge in [-0.3, -0.25) is 14.9 Å². The zero-order chi connectivity index (χ0) is 14.9. The quantitative estimate of drug-likeness (QED) is 0.618. The lowest BCUT2D eigenvalue weighted by Gasteiger charge is -2.27. The predicted molar refractivity (Wildman–Crippen MR) is 79.2 cm³/mol. The van der Waals surface area contributed by atoms with Crippen molar-refractivity contribution in [2.24, 2.45) is 11.3 Å². The molecule has 1 aliphatic carbocycles. The van der Waals surface area contributed by atoms with E-state index in [1.807, 2.05) is 0 Å². The Morgan fingerprint density at radius 2 is 2.19 bits per heavy atom. The molecule has 2 N–H and O–H groups in total. The number of Topliss-reactive ketones (excluding diaryl/α,β-unsaturated/α-hetero) is 1. The molecular formula is C15H19N3O3. The van der Waals surface area contributed by atoms with Crippen molar-refractivity contribution in [1.82, 2.24) is 5.32 Å². The van der Waals surface area contributed by atoms with E-state index >= 15 is 0 Å². The number of carbonyl (C=O) groups is 1. The van der Waals surface area contributed by atoms with E-state index in [1.54, 1.807) is 18.2 Å². The molecule has 2 fully saturated rings. The molecule has 1 saturated heterocycles. The molecule has 6 nitrogen and oxygen atoms in total. The maximum Gasteiger partial charge on any atom is 0.292 e. The van der Waals surface area contributed by atoms with Crippen LogP contribution in [-0.2, 0) is 4.79 Å². The van der Waals surface area contributed by atoms with Gasteiger partial charge in [-0.2, -0.15) is 0 Å². The van der Waals surface area contributed by atoms with Gasteiger partial charge in [-0.15, -0.1) is 0 Å². The Morgan fingerprint density at radius 3 is 2.81 bits per heavy atom. The molecule has 0 radical (unpaired) electrons. The highest BCUT2D eigenvalue weighted by molar-refractivity contribution is 5.90. The fourth-order valence-corrected chi connectivity index (χ4v) is 3.02. The molecular weight excluding hydrogens is 270 g/mol. The van der Waals surface area contributed by atoms with Crippen LogP contribution in [0.15, 0.2) is 24.3 Å². The van der Waals surface area contributed by atoms with Crippen LogP contribution in [0.1, 0.15) is 19.3 Å². The van der Waals surface area contributed by atoms with E-state index in [1.165, 1.54) is 6.07 Å². The molecule has 0 spiro atoms. The van der Waals surface area contributed by atoms with Gasteiger partial charge in [0.25, 0.3) is 5.69 Å². The highest BCUT2D eigenvalue weighted by atomic mass is 16.6. The van der Waals surface area contributed by atoms with E-state index in [4.69, 9.17) is 0 Å². The lowest BCUT2D eigenvalue weighted by atomic mass is 9.80. The lowest BCUT2D eigenvalue weighted by Crippen LogP contribution is -2.41. The average molecular weight is 289 g/mol. The molecule has 0 amide bonds. The molecule has 2 aliphatic rings. The second kappa shape index (κ2) is 5.44. The third-order valence-electron chi connectivity index (χ3n) is 4.43. The molecule has 0 unspecified atom stereocenters. The number of hydrogen-bond donors (Lipinski definition) is 2. The first-order valence-electron chi connectivity index (χ1n) is 7.35. The second-order valence-corrected chi connectivity index (χ2v) is 5.97. The molecule has 0 bridgehead atoms. The number of hydrogen-bond acceptors (Lipinski definition) is 5. The van der Waals surface area contributed by atoms with Gasteiger partial charge in [-0.05, 0) is 31.9 Å². The van der Waals surface area contributed by atoms with Crippen LogP contribution in [-0.4, -0.2) is 30.3 Å². The average Bonchev–Trinajstić information content (AvgIpc) is 3.23. The Balaban J connectivity index is 1.76. The molecule has 1 aromatic carbocycles. The Hall–Kier alpha value is -1.95. The monoisotopic (exact) mass is 289 g/mol. The second-order valence-electron chi connectivity index (χ2n) is 5.97. The van der Waals surface area contributed by atoms with Gasteiger partial charge in [0, 0.05) is 25.1 Å². The van der Waals surface area contributed by atoms with Crippen molar-refractivity contribution in [3.05, 3.63) is 34.4 Å². The summed E-state index contributed by atoms with van der Waals surface area (Å²) >= 11 is 0. The summed E-state index contributed by atoms with van der Waals surface area (Å²) in [6, 6.07) is 6.57. The fourth-order valence-electron chi connectivity index (χ4n) is 3.02.